The quantitative estimate of drug-likeness (QED) is 0.837. The predicted molar refractivity (Wildman–Crippen MR) is 98.1 cm³/mol. The number of nitrogen functional groups attached to an aromatic ring is 1. The molecule has 0 unspecified atom stereocenters. The molecule has 0 bridgehead atoms. The molecular weight excluding hydrogens is 304 g/mol. The number of para-hydroxylation sites is 1. The van der Waals surface area contributed by atoms with Crippen LogP contribution in [0.2, 0.25) is 0 Å². The fourth-order valence-electron chi connectivity index (χ4n) is 3.31. The Balaban J connectivity index is 1.85. The molecule has 1 aliphatic carbocycles. The molecule has 0 spiro atoms. The number of nitrogens with one attached hydrogen (secondary N) is 1. The number of nitrogens with two attached hydrogens (primary N) is 1. The monoisotopic (exact) mass is 328 g/mol. The third-order valence-corrected chi connectivity index (χ3v) is 5.86. The van der Waals surface area contributed by atoms with E-state index in [9.17, 15) is 4.79 Å². The average molecular weight is 328 g/mol. The molecule has 0 fully saturated rings. The first-order chi connectivity index (χ1) is 10.9. The van der Waals surface area contributed by atoms with Crippen molar-refractivity contribution < 1.29 is 4.79 Å². The standard InChI is InChI=1S/C19H24N2OS/c1-19(2,3)12-9-10-14-15(11-12)23-17(20)16(14)18(22)21-13-7-5-4-6-8-13/h4-8,12H,9-11,20H2,1-3H3,(H,21,22)/t12-/m1/s1. The van der Waals surface area contributed by atoms with E-state index in [0.717, 1.165) is 24.9 Å². The second kappa shape index (κ2) is 6.00. The van der Waals surface area contributed by atoms with Crippen molar-refractivity contribution in [1.82, 2.24) is 0 Å². The fraction of sp³-hybridized carbons (Fsp3) is 0.421. The molecule has 2 aromatic rings. The van der Waals surface area contributed by atoms with E-state index in [0.29, 0.717) is 21.9 Å². The Labute approximate surface area is 141 Å². The SMILES string of the molecule is CC(C)(C)[C@@H]1CCc2c(sc(N)c2C(=O)Nc2ccccc2)C1. The lowest BCUT2D eigenvalue weighted by atomic mass is 9.72. The number of anilines is 2. The highest BCUT2D eigenvalue weighted by Gasteiger charge is 2.33. The molecule has 4 heteroatoms. The summed E-state index contributed by atoms with van der Waals surface area (Å²) in [6.07, 6.45) is 3.10. The Hall–Kier alpha value is -1.81. The maximum atomic E-state index is 12.7. The Morgan fingerprint density at radius 3 is 2.61 bits per heavy atom. The first-order valence-corrected chi connectivity index (χ1v) is 8.94. The van der Waals surface area contributed by atoms with Gasteiger partial charge in [-0.3, -0.25) is 4.79 Å². The van der Waals surface area contributed by atoms with Crippen LogP contribution < -0.4 is 11.1 Å². The molecule has 0 saturated heterocycles. The average Bonchev–Trinajstić information content (AvgIpc) is 2.82. The molecule has 1 amide bonds. The van der Waals surface area contributed by atoms with Gasteiger partial charge in [-0.1, -0.05) is 39.0 Å². The van der Waals surface area contributed by atoms with Crippen molar-refractivity contribution in [2.24, 2.45) is 11.3 Å². The highest BCUT2D eigenvalue weighted by molar-refractivity contribution is 7.16. The number of thiophene rings is 1. The van der Waals surface area contributed by atoms with Crippen molar-refractivity contribution in [3.63, 3.8) is 0 Å². The van der Waals surface area contributed by atoms with Gasteiger partial charge in [0.15, 0.2) is 0 Å². The molecule has 1 aliphatic rings. The summed E-state index contributed by atoms with van der Waals surface area (Å²) in [6, 6.07) is 9.54. The van der Waals surface area contributed by atoms with E-state index >= 15 is 0 Å². The van der Waals surface area contributed by atoms with Crippen LogP contribution in [0.25, 0.3) is 0 Å². The van der Waals surface area contributed by atoms with Gasteiger partial charge in [0.25, 0.3) is 5.91 Å². The number of hydrogen-bond donors (Lipinski definition) is 2. The largest absolute Gasteiger partial charge is 0.390 e. The molecule has 122 valence electrons. The number of amides is 1. The molecule has 0 saturated carbocycles. The normalized spacial score (nSPS) is 17.6. The number of carbonyl (C=O) groups is 1. The van der Waals surface area contributed by atoms with Crippen LogP contribution in [0.3, 0.4) is 0 Å². The zero-order chi connectivity index (χ0) is 16.6. The third-order valence-electron chi connectivity index (χ3n) is 4.78. The summed E-state index contributed by atoms with van der Waals surface area (Å²) in [5.41, 5.74) is 9.15. The Bertz CT molecular complexity index is 713. The van der Waals surface area contributed by atoms with Crippen molar-refractivity contribution in [3.05, 3.63) is 46.3 Å². The highest BCUT2D eigenvalue weighted by Crippen LogP contribution is 2.43. The van der Waals surface area contributed by atoms with Gasteiger partial charge in [0, 0.05) is 10.6 Å². The van der Waals surface area contributed by atoms with Crippen LogP contribution in [0.15, 0.2) is 30.3 Å². The van der Waals surface area contributed by atoms with Crippen molar-refractivity contribution >= 4 is 27.9 Å². The van der Waals surface area contributed by atoms with E-state index in [2.05, 4.69) is 26.1 Å². The van der Waals surface area contributed by atoms with E-state index < -0.39 is 0 Å². The van der Waals surface area contributed by atoms with Crippen LogP contribution in [0.1, 0.15) is 48.0 Å². The van der Waals surface area contributed by atoms with Crippen molar-refractivity contribution in [2.45, 2.75) is 40.0 Å². The first-order valence-electron chi connectivity index (χ1n) is 8.12. The molecule has 1 heterocycles. The topological polar surface area (TPSA) is 55.1 Å². The minimum Gasteiger partial charge on any atom is -0.390 e. The molecule has 3 rings (SSSR count). The molecule has 1 aromatic heterocycles. The van der Waals surface area contributed by atoms with Gasteiger partial charge in [0.05, 0.1) is 10.6 Å². The van der Waals surface area contributed by atoms with Crippen LogP contribution in [0.4, 0.5) is 10.7 Å². The van der Waals surface area contributed by atoms with Crippen molar-refractivity contribution in [2.75, 3.05) is 11.1 Å². The Morgan fingerprint density at radius 1 is 1.26 bits per heavy atom. The van der Waals surface area contributed by atoms with Crippen LogP contribution in [0.5, 0.6) is 0 Å². The summed E-state index contributed by atoms with van der Waals surface area (Å²) in [5, 5.41) is 3.62. The lowest BCUT2D eigenvalue weighted by Gasteiger charge is -2.33. The van der Waals surface area contributed by atoms with E-state index in [1.54, 1.807) is 11.3 Å². The number of rotatable bonds is 2. The Kier molecular flexibility index (Phi) is 4.19. The van der Waals surface area contributed by atoms with Gasteiger partial charge in [-0.2, -0.15) is 0 Å². The minimum atomic E-state index is -0.0830. The summed E-state index contributed by atoms with van der Waals surface area (Å²) < 4.78 is 0. The lowest BCUT2D eigenvalue weighted by Crippen LogP contribution is -2.27. The van der Waals surface area contributed by atoms with Crippen LogP contribution in [-0.2, 0) is 12.8 Å². The van der Waals surface area contributed by atoms with Gasteiger partial charge in [-0.15, -0.1) is 11.3 Å². The fourth-order valence-corrected chi connectivity index (χ4v) is 4.51. The summed E-state index contributed by atoms with van der Waals surface area (Å²) >= 11 is 1.59. The molecule has 3 nitrogen and oxygen atoms in total. The molecule has 23 heavy (non-hydrogen) atoms. The number of fused-ring (bicyclic) bond motifs is 1. The maximum absolute atomic E-state index is 12.7. The van der Waals surface area contributed by atoms with Crippen molar-refractivity contribution in [1.29, 1.82) is 0 Å². The molecule has 0 radical (unpaired) electrons. The van der Waals surface area contributed by atoms with E-state index in [1.165, 1.54) is 10.4 Å². The second-order valence-electron chi connectivity index (χ2n) is 7.37. The van der Waals surface area contributed by atoms with Gasteiger partial charge in [0.1, 0.15) is 0 Å². The molecule has 3 N–H and O–H groups in total. The Morgan fingerprint density at radius 2 is 1.96 bits per heavy atom. The first kappa shape index (κ1) is 16.1. The van der Waals surface area contributed by atoms with E-state index in [1.807, 2.05) is 30.3 Å². The summed E-state index contributed by atoms with van der Waals surface area (Å²) in [6.45, 7) is 6.88. The summed E-state index contributed by atoms with van der Waals surface area (Å²) in [4.78, 5) is 14.0. The van der Waals surface area contributed by atoms with Crippen LogP contribution in [-0.4, -0.2) is 5.91 Å². The smallest absolute Gasteiger partial charge is 0.258 e. The van der Waals surface area contributed by atoms with Crippen LogP contribution >= 0.6 is 11.3 Å². The lowest BCUT2D eigenvalue weighted by molar-refractivity contribution is 0.102. The molecule has 0 aliphatic heterocycles. The molecular formula is C19H24N2OS. The minimum absolute atomic E-state index is 0.0830. The van der Waals surface area contributed by atoms with Gasteiger partial charge in [0.2, 0.25) is 0 Å². The highest BCUT2D eigenvalue weighted by atomic mass is 32.1. The summed E-state index contributed by atoms with van der Waals surface area (Å²) in [7, 11) is 0. The van der Waals surface area contributed by atoms with Crippen molar-refractivity contribution in [3.8, 4) is 0 Å². The second-order valence-corrected chi connectivity index (χ2v) is 8.51. The zero-order valence-corrected chi connectivity index (χ0v) is 14.8. The van der Waals surface area contributed by atoms with Gasteiger partial charge in [-0.25, -0.2) is 0 Å². The van der Waals surface area contributed by atoms with Gasteiger partial charge < -0.3 is 11.1 Å². The number of benzene rings is 1. The maximum Gasteiger partial charge on any atom is 0.258 e. The predicted octanol–water partition coefficient (Wildman–Crippen LogP) is 4.73. The summed E-state index contributed by atoms with van der Waals surface area (Å²) in [5.74, 6) is 0.568. The number of carbonyl (C=O) groups excluding carboxylic acids is 1. The van der Waals surface area contributed by atoms with Gasteiger partial charge in [-0.05, 0) is 48.3 Å². The third kappa shape index (κ3) is 3.27. The molecule has 1 atom stereocenters. The zero-order valence-electron chi connectivity index (χ0n) is 14.0. The number of hydrogen-bond acceptors (Lipinski definition) is 3. The molecule has 1 aromatic carbocycles. The van der Waals surface area contributed by atoms with Gasteiger partial charge >= 0.3 is 0 Å². The van der Waals surface area contributed by atoms with E-state index in [-0.39, 0.29) is 5.91 Å². The van der Waals surface area contributed by atoms with Crippen LogP contribution in [0, 0.1) is 11.3 Å². The van der Waals surface area contributed by atoms with E-state index in [4.69, 9.17) is 5.73 Å².